The second-order valence-electron chi connectivity index (χ2n) is 7.32. The van der Waals surface area contributed by atoms with Gasteiger partial charge in [-0.15, -0.1) is 17.4 Å². The number of carbonyl (C=O) groups excluding carboxylic acids is 2. The van der Waals surface area contributed by atoms with Gasteiger partial charge in [0.1, 0.15) is 6.04 Å². The van der Waals surface area contributed by atoms with Gasteiger partial charge in [-0.2, -0.15) is 0 Å². The molecule has 3 aromatic rings. The molecule has 9 nitrogen and oxygen atoms in total. The maximum Gasteiger partial charge on any atom is 0.274 e. The number of anilines is 1. The molecule has 0 bridgehead atoms. The van der Waals surface area contributed by atoms with E-state index in [-0.39, 0.29) is 17.5 Å². The molecule has 2 amide bonds. The number of hydrogen-bond donors (Lipinski definition) is 1. The van der Waals surface area contributed by atoms with Crippen molar-refractivity contribution < 1.29 is 9.59 Å². The van der Waals surface area contributed by atoms with Crippen LogP contribution < -0.4 is 10.2 Å². The lowest BCUT2D eigenvalue weighted by Crippen LogP contribution is -2.47. The molecule has 0 saturated carbocycles. The number of aromatic nitrogens is 5. The smallest absolute Gasteiger partial charge is 0.274 e. The van der Waals surface area contributed by atoms with E-state index in [1.807, 2.05) is 30.3 Å². The predicted molar refractivity (Wildman–Crippen MR) is 113 cm³/mol. The fraction of sp³-hybridized carbons (Fsp3) is 0.273. The van der Waals surface area contributed by atoms with Crippen LogP contribution in [0.4, 0.5) is 5.82 Å². The highest BCUT2D eigenvalue weighted by atomic mass is 16.2. The van der Waals surface area contributed by atoms with Gasteiger partial charge in [0.2, 0.25) is 0 Å². The van der Waals surface area contributed by atoms with Crippen LogP contribution in [-0.4, -0.2) is 49.9 Å². The summed E-state index contributed by atoms with van der Waals surface area (Å²) in [5, 5.41) is 10.8. The first-order valence-corrected chi connectivity index (χ1v) is 9.83. The van der Waals surface area contributed by atoms with Crippen molar-refractivity contribution in [3.05, 3.63) is 65.9 Å². The summed E-state index contributed by atoms with van der Waals surface area (Å²) in [6.45, 7) is 0.489. The normalized spacial score (nSPS) is 18.1. The molecule has 0 radical (unpaired) electrons. The third-order valence-electron chi connectivity index (χ3n) is 5.19. The number of rotatable bonds is 5. The van der Waals surface area contributed by atoms with Crippen molar-refractivity contribution in [2.75, 3.05) is 11.9 Å². The van der Waals surface area contributed by atoms with E-state index in [2.05, 4.69) is 31.5 Å². The average Bonchev–Trinajstić information content (AvgIpc) is 3.23. The van der Waals surface area contributed by atoms with Gasteiger partial charge >= 0.3 is 0 Å². The molecule has 1 aromatic carbocycles. The van der Waals surface area contributed by atoms with Crippen LogP contribution in [0.1, 0.15) is 40.5 Å². The molecule has 0 spiro atoms. The largest absolute Gasteiger partial charge is 0.339 e. The number of terminal acetylenes is 1. The van der Waals surface area contributed by atoms with Crippen LogP contribution in [0, 0.1) is 12.3 Å². The van der Waals surface area contributed by atoms with E-state index in [4.69, 9.17) is 6.42 Å². The van der Waals surface area contributed by atoms with Crippen molar-refractivity contribution in [1.29, 1.82) is 0 Å². The zero-order valence-electron chi connectivity index (χ0n) is 17.0. The molecule has 4 rings (SSSR count). The summed E-state index contributed by atoms with van der Waals surface area (Å²) >= 11 is 0. The van der Waals surface area contributed by atoms with Crippen molar-refractivity contribution in [2.24, 2.45) is 0 Å². The Bertz CT molecular complexity index is 1140. The Balaban J connectivity index is 1.51. The maximum absolute atomic E-state index is 13.0. The van der Waals surface area contributed by atoms with Crippen LogP contribution in [0.5, 0.6) is 0 Å². The highest BCUT2D eigenvalue weighted by Gasteiger charge is 2.36. The molecular weight excluding hydrogens is 394 g/mol. The van der Waals surface area contributed by atoms with E-state index in [0.717, 1.165) is 5.56 Å². The van der Waals surface area contributed by atoms with Gasteiger partial charge in [-0.1, -0.05) is 35.5 Å². The fourth-order valence-electron chi connectivity index (χ4n) is 3.65. The Hall–Kier alpha value is -4.06. The average molecular weight is 415 g/mol. The van der Waals surface area contributed by atoms with E-state index in [0.29, 0.717) is 30.9 Å². The molecule has 156 valence electrons. The summed E-state index contributed by atoms with van der Waals surface area (Å²) in [5.41, 5.74) is 1.83. The van der Waals surface area contributed by atoms with Gasteiger partial charge in [0.15, 0.2) is 11.5 Å². The monoisotopic (exact) mass is 415 g/mol. The van der Waals surface area contributed by atoms with E-state index in [1.165, 1.54) is 11.1 Å². The summed E-state index contributed by atoms with van der Waals surface area (Å²) in [7, 11) is 1.61. The van der Waals surface area contributed by atoms with Crippen LogP contribution in [0.3, 0.4) is 0 Å². The minimum atomic E-state index is -0.786. The van der Waals surface area contributed by atoms with E-state index < -0.39 is 11.9 Å². The van der Waals surface area contributed by atoms with Gasteiger partial charge < -0.3 is 5.32 Å². The number of likely N-dealkylation sites (N-methyl/N-ethyl adjacent to an activating group) is 1. The molecule has 0 fully saturated rings. The highest BCUT2D eigenvalue weighted by molar-refractivity contribution is 6.01. The van der Waals surface area contributed by atoms with Gasteiger partial charge in [0, 0.05) is 31.8 Å². The Morgan fingerprint density at radius 3 is 2.81 bits per heavy atom. The molecule has 1 N–H and O–H groups in total. The van der Waals surface area contributed by atoms with Gasteiger partial charge in [0.25, 0.3) is 11.8 Å². The summed E-state index contributed by atoms with van der Waals surface area (Å²) in [6, 6.07) is 8.94. The van der Waals surface area contributed by atoms with E-state index in [1.54, 1.807) is 24.1 Å². The summed E-state index contributed by atoms with van der Waals surface area (Å²) in [6.07, 6.45) is 10.9. The lowest BCUT2D eigenvalue weighted by molar-refractivity contribution is -0.120. The van der Waals surface area contributed by atoms with E-state index in [9.17, 15) is 9.59 Å². The van der Waals surface area contributed by atoms with Crippen molar-refractivity contribution in [3.63, 3.8) is 0 Å². The molecule has 0 aliphatic carbocycles. The Kier molecular flexibility index (Phi) is 5.71. The molecule has 1 aliphatic rings. The van der Waals surface area contributed by atoms with Crippen molar-refractivity contribution in [2.45, 2.75) is 31.3 Å². The van der Waals surface area contributed by atoms with Gasteiger partial charge in [-0.05, 0) is 12.0 Å². The highest BCUT2D eigenvalue weighted by Crippen LogP contribution is 2.33. The number of fused-ring (bicyclic) bond motifs is 1. The third kappa shape index (κ3) is 4.28. The number of nitrogens with zero attached hydrogens (tertiary/aromatic N) is 6. The Labute approximate surface area is 179 Å². The zero-order valence-corrected chi connectivity index (χ0v) is 17.0. The molecule has 0 saturated heterocycles. The standard InChI is InChI=1S/C22H21N7O2/c1-3-7-16-12-17(22(31)28(2)20-19(16)23-10-11-24-20)25-21(30)18-14-29(27-26-18)13-15-8-5-4-6-9-15/h1,4-6,8-11,14,16-17H,7,12-13H2,2H3,(H,25,30)/t16-,17+/m0/s1. The minimum absolute atomic E-state index is 0.137. The van der Waals surface area contributed by atoms with Gasteiger partial charge in [-0.25, -0.2) is 9.67 Å². The van der Waals surface area contributed by atoms with Crippen molar-refractivity contribution in [3.8, 4) is 12.3 Å². The number of carbonyl (C=O) groups is 2. The molecule has 1 aliphatic heterocycles. The Morgan fingerprint density at radius 2 is 2.03 bits per heavy atom. The number of benzene rings is 1. The van der Waals surface area contributed by atoms with Gasteiger partial charge in [0.05, 0.1) is 18.4 Å². The molecule has 2 aromatic heterocycles. The van der Waals surface area contributed by atoms with Gasteiger partial charge in [-0.3, -0.25) is 19.5 Å². The number of amides is 2. The second kappa shape index (κ2) is 8.75. The van der Waals surface area contributed by atoms with E-state index >= 15 is 0 Å². The molecular formula is C22H21N7O2. The molecule has 9 heteroatoms. The SMILES string of the molecule is C#CC[C@H]1C[C@@H](NC(=O)c2cn(Cc3ccccc3)nn2)C(=O)N(C)c2nccnc21. The lowest BCUT2D eigenvalue weighted by atomic mass is 9.94. The third-order valence-corrected chi connectivity index (χ3v) is 5.19. The predicted octanol–water partition coefficient (Wildman–Crippen LogP) is 1.39. The number of nitrogens with one attached hydrogen (secondary N) is 1. The van der Waals surface area contributed by atoms with Crippen LogP contribution in [0.25, 0.3) is 0 Å². The topological polar surface area (TPSA) is 106 Å². The minimum Gasteiger partial charge on any atom is -0.339 e. The molecule has 31 heavy (non-hydrogen) atoms. The fourth-order valence-corrected chi connectivity index (χ4v) is 3.65. The second-order valence-corrected chi connectivity index (χ2v) is 7.32. The number of hydrogen-bond acceptors (Lipinski definition) is 6. The van der Waals surface area contributed by atoms with Crippen LogP contribution >= 0.6 is 0 Å². The first-order valence-electron chi connectivity index (χ1n) is 9.83. The zero-order chi connectivity index (χ0) is 21.8. The lowest BCUT2D eigenvalue weighted by Gasteiger charge is -2.20. The first-order chi connectivity index (χ1) is 15.1. The Morgan fingerprint density at radius 1 is 1.26 bits per heavy atom. The first kappa shape index (κ1) is 20.2. The summed E-state index contributed by atoms with van der Waals surface area (Å²) < 4.78 is 1.58. The maximum atomic E-state index is 13.0. The van der Waals surface area contributed by atoms with Crippen LogP contribution in [-0.2, 0) is 11.3 Å². The summed E-state index contributed by atoms with van der Waals surface area (Å²) in [5.74, 6) is 2.12. The van der Waals surface area contributed by atoms with Crippen LogP contribution in [0.2, 0.25) is 0 Å². The molecule has 0 unspecified atom stereocenters. The van der Waals surface area contributed by atoms with Crippen LogP contribution in [0.15, 0.2) is 48.9 Å². The van der Waals surface area contributed by atoms with Crippen molar-refractivity contribution >= 4 is 17.6 Å². The molecule has 3 heterocycles. The summed E-state index contributed by atoms with van der Waals surface area (Å²) in [4.78, 5) is 35.9. The van der Waals surface area contributed by atoms with Crippen molar-refractivity contribution in [1.82, 2.24) is 30.3 Å². The quantitative estimate of drug-likeness (QED) is 0.631. The molecule has 2 atom stereocenters.